The lowest BCUT2D eigenvalue weighted by Crippen LogP contribution is -2.42. The second kappa shape index (κ2) is 9.23. The fourth-order valence-electron chi connectivity index (χ4n) is 6.50. The third-order valence-electron chi connectivity index (χ3n) is 7.91. The third-order valence-corrected chi connectivity index (χ3v) is 7.91. The van der Waals surface area contributed by atoms with E-state index in [0.717, 1.165) is 23.7 Å². The smallest absolute Gasteiger partial charge is 0.137 e. The number of carbonyl (C=O) groups excluding carboxylic acids is 1. The Balaban J connectivity index is 1.65. The fraction of sp³-hybridized carbons (Fsp3) is 0.654. The Kier molecular flexibility index (Phi) is 6.64. The van der Waals surface area contributed by atoms with Crippen LogP contribution < -0.4 is 4.74 Å². The summed E-state index contributed by atoms with van der Waals surface area (Å²) in [4.78, 5) is 13.2. The van der Waals surface area contributed by atoms with Crippen molar-refractivity contribution in [3.63, 3.8) is 0 Å². The number of allylic oxidation sites excluding steroid dienone is 2. The van der Waals surface area contributed by atoms with Crippen LogP contribution in [0.2, 0.25) is 0 Å². The van der Waals surface area contributed by atoms with Crippen LogP contribution in [-0.4, -0.2) is 28.7 Å². The molecule has 0 amide bonds. The molecule has 0 saturated heterocycles. The van der Waals surface area contributed by atoms with Crippen molar-refractivity contribution in [1.29, 1.82) is 0 Å². The third kappa shape index (κ3) is 4.09. The van der Waals surface area contributed by atoms with Gasteiger partial charge in [-0.15, -0.1) is 0 Å². The van der Waals surface area contributed by atoms with E-state index in [1.807, 2.05) is 24.3 Å². The van der Waals surface area contributed by atoms with Gasteiger partial charge in [-0.25, -0.2) is 0 Å². The Bertz CT molecular complexity index is 755. The van der Waals surface area contributed by atoms with E-state index in [4.69, 9.17) is 4.74 Å². The minimum atomic E-state index is -0.0332. The number of benzene rings is 1. The molecule has 1 aromatic carbocycles. The number of Topliss-reactive ketones (excluding diaryl/α,β-unsaturated/α-hetero) is 1. The quantitative estimate of drug-likeness (QED) is 0.652. The highest BCUT2D eigenvalue weighted by molar-refractivity contribution is 5.82. The number of ether oxygens (including phenoxy) is 1. The number of fused-ring (bicyclic) bond motifs is 3. The minimum Gasteiger partial charge on any atom is -0.490 e. The summed E-state index contributed by atoms with van der Waals surface area (Å²) in [7, 11) is 0. The Morgan fingerprint density at radius 3 is 2.53 bits per heavy atom. The molecule has 0 unspecified atom stereocenters. The second-order valence-electron chi connectivity index (χ2n) is 9.85. The van der Waals surface area contributed by atoms with Crippen LogP contribution in [0.15, 0.2) is 36.4 Å². The molecule has 0 bridgehead atoms. The first kappa shape index (κ1) is 21.6. The van der Waals surface area contributed by atoms with Crippen LogP contribution in [0.3, 0.4) is 0 Å². The molecule has 0 radical (unpaired) electrons. The zero-order valence-electron chi connectivity index (χ0n) is 18.2. The SMILES string of the molecule is C[C@@H]1CC[C@@H]2[C@@H](C1)[C@@H]1C=C[C@H](C)[C@H](C(=O)CCCO)[C@H]1[C@H]2Oc1ccc(CO)cc1. The molecule has 164 valence electrons. The van der Waals surface area contributed by atoms with E-state index in [0.29, 0.717) is 30.6 Å². The lowest BCUT2D eigenvalue weighted by Gasteiger charge is -2.38. The van der Waals surface area contributed by atoms with E-state index in [9.17, 15) is 15.0 Å². The number of carbonyl (C=O) groups is 1. The largest absolute Gasteiger partial charge is 0.490 e. The predicted molar refractivity (Wildman–Crippen MR) is 117 cm³/mol. The van der Waals surface area contributed by atoms with Crippen LogP contribution in [0, 0.1) is 41.4 Å². The van der Waals surface area contributed by atoms with E-state index in [2.05, 4.69) is 26.0 Å². The van der Waals surface area contributed by atoms with Crippen molar-refractivity contribution < 1.29 is 19.7 Å². The zero-order valence-corrected chi connectivity index (χ0v) is 18.2. The molecular formula is C26H36O4. The molecule has 0 aromatic heterocycles. The molecule has 4 rings (SSSR count). The highest BCUT2D eigenvalue weighted by Crippen LogP contribution is 2.57. The molecule has 4 heteroatoms. The maximum atomic E-state index is 13.2. The van der Waals surface area contributed by atoms with E-state index >= 15 is 0 Å². The van der Waals surface area contributed by atoms with E-state index in [1.165, 1.54) is 12.8 Å². The molecule has 3 aliphatic rings. The molecule has 1 aromatic rings. The van der Waals surface area contributed by atoms with Gasteiger partial charge < -0.3 is 14.9 Å². The second-order valence-corrected chi connectivity index (χ2v) is 9.85. The topological polar surface area (TPSA) is 66.8 Å². The van der Waals surface area contributed by atoms with Gasteiger partial charge in [-0.2, -0.15) is 0 Å². The van der Waals surface area contributed by atoms with E-state index in [1.54, 1.807) is 0 Å². The van der Waals surface area contributed by atoms with Gasteiger partial charge >= 0.3 is 0 Å². The first-order valence-electron chi connectivity index (χ1n) is 11.7. The Morgan fingerprint density at radius 2 is 1.83 bits per heavy atom. The van der Waals surface area contributed by atoms with Crippen molar-refractivity contribution >= 4 is 5.78 Å². The molecule has 8 atom stereocenters. The van der Waals surface area contributed by atoms with E-state index < -0.39 is 0 Å². The summed E-state index contributed by atoms with van der Waals surface area (Å²) in [6, 6.07) is 7.72. The maximum absolute atomic E-state index is 13.2. The summed E-state index contributed by atoms with van der Waals surface area (Å²) in [6.07, 6.45) is 9.29. The van der Waals surface area contributed by atoms with Gasteiger partial charge in [0.2, 0.25) is 0 Å². The number of aliphatic hydroxyl groups is 2. The summed E-state index contributed by atoms with van der Waals surface area (Å²) in [5, 5.41) is 18.6. The Hall–Kier alpha value is -1.65. The van der Waals surface area contributed by atoms with E-state index in [-0.39, 0.29) is 42.9 Å². The van der Waals surface area contributed by atoms with Crippen LogP contribution in [0.5, 0.6) is 5.75 Å². The van der Waals surface area contributed by atoms with Gasteiger partial charge in [-0.1, -0.05) is 44.6 Å². The van der Waals surface area contributed by atoms with Gasteiger partial charge in [-0.3, -0.25) is 4.79 Å². The lowest BCUT2D eigenvalue weighted by atomic mass is 9.67. The van der Waals surface area contributed by atoms with Crippen LogP contribution in [0.25, 0.3) is 0 Å². The molecule has 2 fully saturated rings. The van der Waals surface area contributed by atoms with Gasteiger partial charge in [0.1, 0.15) is 17.6 Å². The van der Waals surface area contributed by atoms with Crippen LogP contribution >= 0.6 is 0 Å². The molecule has 2 saturated carbocycles. The summed E-state index contributed by atoms with van der Waals surface area (Å²) in [6.45, 7) is 4.61. The van der Waals surface area contributed by atoms with Gasteiger partial charge in [0.25, 0.3) is 0 Å². The molecule has 0 aliphatic heterocycles. The molecule has 2 N–H and O–H groups in total. The highest BCUT2D eigenvalue weighted by Gasteiger charge is 2.57. The average molecular weight is 413 g/mol. The molecule has 0 spiro atoms. The summed E-state index contributed by atoms with van der Waals surface area (Å²) >= 11 is 0. The minimum absolute atomic E-state index is 0.0285. The van der Waals surface area contributed by atoms with Gasteiger partial charge in [0.15, 0.2) is 0 Å². The zero-order chi connectivity index (χ0) is 21.3. The van der Waals surface area contributed by atoms with Gasteiger partial charge in [0.05, 0.1) is 6.61 Å². The number of hydrogen-bond donors (Lipinski definition) is 2. The van der Waals surface area contributed by atoms with Gasteiger partial charge in [-0.05, 0) is 66.5 Å². The normalized spacial score (nSPS) is 37.5. The standard InChI is InChI=1S/C26H36O4/c1-16-5-11-21-22(14-16)20-12-6-17(2)24(23(29)4-3-13-27)25(20)26(21)30-19-9-7-18(15-28)8-10-19/h6-10,12,16-17,20-22,24-28H,3-5,11,13-15H2,1-2H3/t16-,17+,20+,21-,22+,24-,25+,26+/m1/s1. The number of hydrogen-bond acceptors (Lipinski definition) is 4. The Labute approximate surface area is 180 Å². The van der Waals surface area contributed by atoms with Gasteiger partial charge in [0, 0.05) is 24.9 Å². The van der Waals surface area contributed by atoms with Crippen molar-refractivity contribution in [1.82, 2.24) is 0 Å². The van der Waals surface area contributed by atoms with Crippen LogP contribution in [0.1, 0.15) is 51.5 Å². The molecule has 4 nitrogen and oxygen atoms in total. The molecule has 30 heavy (non-hydrogen) atoms. The average Bonchev–Trinajstić information content (AvgIpc) is 3.05. The summed E-state index contributed by atoms with van der Waals surface area (Å²) < 4.78 is 6.67. The number of rotatable bonds is 7. The Morgan fingerprint density at radius 1 is 1.07 bits per heavy atom. The maximum Gasteiger partial charge on any atom is 0.137 e. The molecule has 3 aliphatic carbocycles. The number of ketones is 1. The highest BCUT2D eigenvalue weighted by atomic mass is 16.5. The molecule has 0 heterocycles. The number of aliphatic hydroxyl groups excluding tert-OH is 2. The fourth-order valence-corrected chi connectivity index (χ4v) is 6.50. The summed E-state index contributed by atoms with van der Waals surface area (Å²) in [5.41, 5.74) is 0.877. The van der Waals surface area contributed by atoms with Crippen LogP contribution in [0.4, 0.5) is 0 Å². The summed E-state index contributed by atoms with van der Waals surface area (Å²) in [5.74, 6) is 3.69. The van der Waals surface area contributed by atoms with Crippen molar-refractivity contribution in [2.24, 2.45) is 41.4 Å². The monoisotopic (exact) mass is 412 g/mol. The predicted octanol–water partition coefficient (Wildman–Crippen LogP) is 4.39. The van der Waals surface area contributed by atoms with Crippen molar-refractivity contribution in [3.05, 3.63) is 42.0 Å². The lowest BCUT2D eigenvalue weighted by molar-refractivity contribution is -0.128. The van der Waals surface area contributed by atoms with Crippen molar-refractivity contribution in [3.8, 4) is 5.75 Å². The van der Waals surface area contributed by atoms with Crippen molar-refractivity contribution in [2.45, 2.75) is 58.7 Å². The first-order chi connectivity index (χ1) is 14.5. The first-order valence-corrected chi connectivity index (χ1v) is 11.7. The molecular weight excluding hydrogens is 376 g/mol. The van der Waals surface area contributed by atoms with Crippen LogP contribution in [-0.2, 0) is 11.4 Å². The van der Waals surface area contributed by atoms with Crippen molar-refractivity contribution in [2.75, 3.05) is 6.61 Å².